The fourth-order valence-electron chi connectivity index (χ4n) is 9.54. The fraction of sp³-hybridized carbons (Fsp3) is 0.123. The van der Waals surface area contributed by atoms with Crippen molar-refractivity contribution < 1.29 is 0 Å². The molecule has 0 bridgehead atoms. The minimum Gasteiger partial charge on any atom is -0.333 e. The topological polar surface area (TPSA) is 8.17 Å². The molecule has 0 saturated carbocycles. The van der Waals surface area contributed by atoms with Crippen molar-refractivity contribution in [1.29, 1.82) is 0 Å². The van der Waals surface area contributed by atoms with Gasteiger partial charge >= 0.3 is 0 Å². The van der Waals surface area contributed by atoms with Gasteiger partial charge in [0, 0.05) is 45.7 Å². The van der Waals surface area contributed by atoms with Crippen LogP contribution in [-0.4, -0.2) is 10.6 Å². The summed E-state index contributed by atoms with van der Waals surface area (Å²) < 4.78 is 2.34. The molecule has 0 N–H and O–H groups in total. The summed E-state index contributed by atoms with van der Waals surface area (Å²) in [4.78, 5) is 2.57. The molecule has 59 heavy (non-hydrogen) atoms. The van der Waals surface area contributed by atoms with Gasteiger partial charge in [-0.15, -0.1) is 0 Å². The van der Waals surface area contributed by atoms with E-state index in [0.717, 1.165) is 24.9 Å². The molecular formula is C57H48N2. The summed E-state index contributed by atoms with van der Waals surface area (Å²) in [6.45, 7) is 6.28. The first kappa shape index (κ1) is 36.4. The zero-order valence-corrected chi connectivity index (χ0v) is 33.6. The maximum atomic E-state index is 3.92. The smallest absolute Gasteiger partial charge is 0.0629 e. The number of para-hydroxylation sites is 2. The Kier molecular flexibility index (Phi) is 9.76. The van der Waals surface area contributed by atoms with Crippen LogP contribution in [0, 0.1) is 5.92 Å². The van der Waals surface area contributed by atoms with Crippen LogP contribution in [0.4, 0.5) is 11.4 Å². The Labute approximate surface area is 348 Å². The van der Waals surface area contributed by atoms with Gasteiger partial charge in [0.2, 0.25) is 0 Å². The van der Waals surface area contributed by atoms with Crippen molar-refractivity contribution in [3.05, 3.63) is 240 Å². The average Bonchev–Trinajstić information content (AvgIpc) is 3.82. The van der Waals surface area contributed by atoms with Crippen LogP contribution in [0.5, 0.6) is 0 Å². The summed E-state index contributed by atoms with van der Waals surface area (Å²) in [6, 6.07) is 45.1. The first-order valence-electron chi connectivity index (χ1n) is 21.1. The second-order valence-corrected chi connectivity index (χ2v) is 16.1. The highest BCUT2D eigenvalue weighted by Crippen LogP contribution is 2.50. The largest absolute Gasteiger partial charge is 0.333 e. The van der Waals surface area contributed by atoms with E-state index in [1.807, 2.05) is 12.2 Å². The highest BCUT2D eigenvalue weighted by Gasteiger charge is 2.38. The molecule has 286 valence electrons. The molecule has 5 aromatic carbocycles. The first-order chi connectivity index (χ1) is 29.1. The molecule has 2 heteroatoms. The normalized spacial score (nSPS) is 22.4. The average molecular weight is 761 g/mol. The Hall–Kier alpha value is -6.90. The van der Waals surface area contributed by atoms with Gasteiger partial charge in [0.1, 0.15) is 0 Å². The Balaban J connectivity index is 1.10. The van der Waals surface area contributed by atoms with Gasteiger partial charge in [-0.3, -0.25) is 0 Å². The number of hydrogen-bond donors (Lipinski definition) is 0. The van der Waals surface area contributed by atoms with E-state index in [4.69, 9.17) is 0 Å². The van der Waals surface area contributed by atoms with Gasteiger partial charge in [-0.1, -0.05) is 177 Å². The summed E-state index contributed by atoms with van der Waals surface area (Å²) in [5.74, 6) is 0.768. The number of benzene rings is 5. The van der Waals surface area contributed by atoms with Gasteiger partial charge in [0.25, 0.3) is 0 Å². The molecule has 4 aliphatic rings. The molecular weight excluding hydrogens is 713 g/mol. The van der Waals surface area contributed by atoms with Crippen molar-refractivity contribution >= 4 is 39.5 Å². The molecule has 3 unspecified atom stereocenters. The Morgan fingerprint density at radius 3 is 2.37 bits per heavy atom. The molecule has 10 rings (SSSR count). The molecule has 6 aromatic rings. The minimum atomic E-state index is 0.202. The van der Waals surface area contributed by atoms with Crippen LogP contribution in [-0.2, 0) is 0 Å². The predicted molar refractivity (Wildman–Crippen MR) is 252 cm³/mol. The van der Waals surface area contributed by atoms with Gasteiger partial charge in [-0.25, -0.2) is 0 Å². The minimum absolute atomic E-state index is 0.202. The molecule has 2 nitrogen and oxygen atoms in total. The van der Waals surface area contributed by atoms with Gasteiger partial charge in [-0.2, -0.15) is 0 Å². The van der Waals surface area contributed by atoms with E-state index in [1.54, 1.807) is 0 Å². The molecule has 0 fully saturated rings. The predicted octanol–water partition coefficient (Wildman–Crippen LogP) is 14.9. The van der Waals surface area contributed by atoms with Crippen molar-refractivity contribution in [2.24, 2.45) is 5.92 Å². The van der Waals surface area contributed by atoms with E-state index in [-0.39, 0.29) is 6.04 Å². The maximum absolute atomic E-state index is 3.92. The van der Waals surface area contributed by atoms with E-state index < -0.39 is 0 Å². The van der Waals surface area contributed by atoms with E-state index in [9.17, 15) is 0 Å². The van der Waals surface area contributed by atoms with Gasteiger partial charge in [0.15, 0.2) is 0 Å². The monoisotopic (exact) mass is 760 g/mol. The van der Waals surface area contributed by atoms with Gasteiger partial charge < -0.3 is 9.47 Å². The molecule has 0 saturated heterocycles. The third-order valence-corrected chi connectivity index (χ3v) is 12.5. The number of allylic oxidation sites excluding steroid dienone is 14. The number of rotatable bonds is 8. The number of fused-ring (bicyclic) bond motifs is 4. The number of aromatic nitrogens is 1. The van der Waals surface area contributed by atoms with Crippen LogP contribution in [0.3, 0.4) is 0 Å². The molecule has 0 amide bonds. The number of nitrogens with zero attached hydrogens (tertiary/aromatic N) is 2. The molecule has 1 aliphatic heterocycles. The number of hydrogen-bond acceptors (Lipinski definition) is 1. The summed E-state index contributed by atoms with van der Waals surface area (Å²) >= 11 is 0. The van der Waals surface area contributed by atoms with E-state index in [1.165, 1.54) is 78.0 Å². The third-order valence-electron chi connectivity index (χ3n) is 12.5. The van der Waals surface area contributed by atoms with Crippen molar-refractivity contribution in [1.82, 2.24) is 4.57 Å². The molecule has 0 spiro atoms. The van der Waals surface area contributed by atoms with Gasteiger partial charge in [0.05, 0.1) is 11.6 Å². The Bertz CT molecular complexity index is 2830. The standard InChI is InChI=1S/C57H48N2/c1-3-4-18-46-39-58(54-27-13-10-24-50(46)54)48-34-35-57(59-55-28-14-11-25-51(55)52-26-12-15-29-56(52)59)53(38-48)43-32-30-42(31-33-43)45-22-16-21-44(41-19-6-5-7-20-41)36-47(37-45)49-23-9-8-17-40(49)2/h3-15,18-20,22-40,51,55H,1,16-17,21H2,2H3/b18-4-,44-36-,45-22-,47-37+. The molecule has 2 heterocycles. The Morgan fingerprint density at radius 1 is 0.712 bits per heavy atom. The van der Waals surface area contributed by atoms with Crippen molar-refractivity contribution in [2.75, 3.05) is 4.90 Å². The molecule has 3 atom stereocenters. The summed E-state index contributed by atoms with van der Waals surface area (Å²) in [6.07, 6.45) is 34.6. The van der Waals surface area contributed by atoms with Crippen LogP contribution in [0.2, 0.25) is 0 Å². The highest BCUT2D eigenvalue weighted by molar-refractivity contribution is 5.93. The second kappa shape index (κ2) is 15.8. The summed E-state index contributed by atoms with van der Waals surface area (Å²) in [7, 11) is 0. The van der Waals surface area contributed by atoms with Crippen molar-refractivity contribution in [2.45, 2.75) is 38.1 Å². The summed E-state index contributed by atoms with van der Waals surface area (Å²) in [5.41, 5.74) is 17.7. The number of anilines is 2. The van der Waals surface area contributed by atoms with Crippen LogP contribution >= 0.6 is 0 Å². The van der Waals surface area contributed by atoms with Crippen LogP contribution in [0.15, 0.2) is 218 Å². The first-order valence-corrected chi connectivity index (χ1v) is 21.1. The van der Waals surface area contributed by atoms with E-state index >= 15 is 0 Å². The summed E-state index contributed by atoms with van der Waals surface area (Å²) in [5, 5.41) is 1.22. The molecule has 3 aliphatic carbocycles. The highest BCUT2D eigenvalue weighted by atomic mass is 15.2. The van der Waals surface area contributed by atoms with Crippen LogP contribution < -0.4 is 4.90 Å². The van der Waals surface area contributed by atoms with Crippen molar-refractivity contribution in [3.63, 3.8) is 0 Å². The SMILES string of the molecule is C=C/C=C\c1cn(-c2ccc(N3c4ccccc4C4C=CC=CC43)c(-c3ccc(C4=C\CC/C(c5ccccc5)=C/C(C5=CC=CCC5C)=C\4)cc3)c2)c2ccccc12. The van der Waals surface area contributed by atoms with Crippen LogP contribution in [0.1, 0.15) is 54.4 Å². The Morgan fingerprint density at radius 2 is 1.51 bits per heavy atom. The van der Waals surface area contributed by atoms with Crippen LogP contribution in [0.25, 0.3) is 44.9 Å². The molecule has 1 aromatic heterocycles. The zero-order chi connectivity index (χ0) is 39.7. The van der Waals surface area contributed by atoms with E-state index in [2.05, 4.69) is 217 Å². The molecule has 0 radical (unpaired) electrons. The lowest BCUT2D eigenvalue weighted by Crippen LogP contribution is -2.29. The fourth-order valence-corrected chi connectivity index (χ4v) is 9.54. The zero-order valence-electron chi connectivity index (χ0n) is 33.6. The quantitative estimate of drug-likeness (QED) is 0.140. The lowest BCUT2D eigenvalue weighted by atomic mass is 9.83. The lowest BCUT2D eigenvalue weighted by Gasteiger charge is -2.31. The third kappa shape index (κ3) is 6.85. The maximum Gasteiger partial charge on any atom is 0.0629 e. The van der Waals surface area contributed by atoms with Gasteiger partial charge in [-0.05, 0) is 106 Å². The van der Waals surface area contributed by atoms with E-state index in [0.29, 0.717) is 11.8 Å². The lowest BCUT2D eigenvalue weighted by molar-refractivity contribution is 0.697. The second-order valence-electron chi connectivity index (χ2n) is 16.1. The van der Waals surface area contributed by atoms with Crippen molar-refractivity contribution in [3.8, 4) is 16.8 Å².